The van der Waals surface area contributed by atoms with Crippen LogP contribution in [-0.2, 0) is 0 Å². The van der Waals surface area contributed by atoms with Crippen molar-refractivity contribution < 1.29 is 17.9 Å². The van der Waals surface area contributed by atoms with E-state index in [2.05, 4.69) is 30.2 Å². The van der Waals surface area contributed by atoms with Crippen molar-refractivity contribution in [3.05, 3.63) is 48.5 Å². The number of hydrazine groups is 1. The second-order valence-corrected chi connectivity index (χ2v) is 9.26. The van der Waals surface area contributed by atoms with Crippen molar-refractivity contribution in [2.75, 3.05) is 23.8 Å². The minimum absolute atomic E-state index is 0.214. The summed E-state index contributed by atoms with van der Waals surface area (Å²) in [5.74, 6) is 7.70. The summed E-state index contributed by atoms with van der Waals surface area (Å²) in [6, 6.07) is 13.6. The third-order valence-electron chi connectivity index (χ3n) is 5.87. The van der Waals surface area contributed by atoms with Crippen LogP contribution in [0.2, 0.25) is 0 Å². The van der Waals surface area contributed by atoms with E-state index in [9.17, 15) is 13.2 Å². The molecular formula is C23H27F3N6OS. The van der Waals surface area contributed by atoms with Crippen molar-refractivity contribution in [3.63, 3.8) is 0 Å². The Morgan fingerprint density at radius 2 is 1.62 bits per heavy atom. The Morgan fingerprint density at radius 1 is 0.941 bits per heavy atom. The molecule has 11 heteroatoms. The smallest absolute Gasteiger partial charge is 0.406 e. The first-order chi connectivity index (χ1) is 16.4. The molecule has 34 heavy (non-hydrogen) atoms. The van der Waals surface area contributed by atoms with E-state index in [0.717, 1.165) is 54.6 Å². The summed E-state index contributed by atoms with van der Waals surface area (Å²) in [6.45, 7) is 1.66. The van der Waals surface area contributed by atoms with Crippen molar-refractivity contribution in [1.82, 2.24) is 14.7 Å². The number of nitrogens with two attached hydrogens (primary N) is 1. The minimum Gasteiger partial charge on any atom is -0.406 e. The summed E-state index contributed by atoms with van der Waals surface area (Å²) >= 11 is 1.42. The molecule has 7 nitrogen and oxygen atoms in total. The lowest BCUT2D eigenvalue weighted by Gasteiger charge is -2.28. The van der Waals surface area contributed by atoms with Gasteiger partial charge in [-0.1, -0.05) is 12.1 Å². The molecule has 1 aromatic heterocycles. The number of alkyl halides is 3. The van der Waals surface area contributed by atoms with Crippen molar-refractivity contribution in [1.29, 1.82) is 0 Å². The van der Waals surface area contributed by atoms with Crippen molar-refractivity contribution in [2.45, 2.75) is 36.9 Å². The number of hydrogen-bond donors (Lipinski definition) is 4. The molecule has 1 aliphatic carbocycles. The van der Waals surface area contributed by atoms with E-state index in [1.54, 1.807) is 12.1 Å². The Kier molecular flexibility index (Phi) is 7.96. The number of anilines is 2. The zero-order chi connectivity index (χ0) is 24.0. The Balaban J connectivity index is 1.17. The van der Waals surface area contributed by atoms with Gasteiger partial charge in [-0.25, -0.2) is 10.8 Å². The lowest BCUT2D eigenvalue weighted by molar-refractivity contribution is -0.274. The zero-order valence-corrected chi connectivity index (χ0v) is 19.3. The van der Waals surface area contributed by atoms with Crippen molar-refractivity contribution in [2.24, 2.45) is 17.7 Å². The predicted molar refractivity (Wildman–Crippen MR) is 128 cm³/mol. The Hall–Kier alpha value is -2.76. The molecule has 4 rings (SSSR count). The molecule has 1 aliphatic rings. The van der Waals surface area contributed by atoms with Crippen molar-refractivity contribution >= 4 is 34.6 Å². The van der Waals surface area contributed by atoms with Crippen LogP contribution >= 0.6 is 11.9 Å². The summed E-state index contributed by atoms with van der Waals surface area (Å²) in [7, 11) is 0. The molecule has 182 valence electrons. The van der Waals surface area contributed by atoms with Crippen LogP contribution < -0.4 is 26.0 Å². The lowest BCUT2D eigenvalue weighted by Crippen LogP contribution is -2.26. The summed E-state index contributed by atoms with van der Waals surface area (Å²) in [5.41, 5.74) is 3.48. The van der Waals surface area contributed by atoms with Gasteiger partial charge in [-0.2, -0.15) is 4.98 Å². The fourth-order valence-electron chi connectivity index (χ4n) is 4.09. The number of nitrogens with one attached hydrogen (secondary N) is 3. The highest BCUT2D eigenvalue weighted by Crippen LogP contribution is 2.30. The fraction of sp³-hybridized carbons (Fsp3) is 0.391. The SMILES string of the molecule is NNc1nc(NCC2CCC(CNSc3ccc(OC(F)(F)F)cc3)CC2)nc2ccccc12. The molecular weight excluding hydrogens is 465 g/mol. The molecule has 1 saturated carbocycles. The number of nitrogen functional groups attached to an aromatic ring is 1. The van der Waals surface area contributed by atoms with Crippen LogP contribution in [0.15, 0.2) is 53.4 Å². The van der Waals surface area contributed by atoms with Crippen LogP contribution in [-0.4, -0.2) is 29.4 Å². The summed E-state index contributed by atoms with van der Waals surface area (Å²) in [6.07, 6.45) is -0.209. The van der Waals surface area contributed by atoms with Gasteiger partial charge in [-0.05, 0) is 85.9 Å². The number of ether oxygens (including phenoxy) is 1. The number of hydrogen-bond acceptors (Lipinski definition) is 8. The van der Waals surface area contributed by atoms with E-state index in [4.69, 9.17) is 5.84 Å². The molecule has 0 amide bonds. The first-order valence-corrected chi connectivity index (χ1v) is 11.9. The second-order valence-electron chi connectivity index (χ2n) is 8.29. The highest BCUT2D eigenvalue weighted by atomic mass is 32.2. The standard InChI is InChI=1S/C23H27F3N6OS/c24-23(25,26)33-17-9-11-18(12-10-17)34-29-14-16-7-5-15(6-8-16)13-28-22-30-20-4-2-1-3-19(20)21(31-22)32-27/h1-4,9-12,15-16,29H,5-8,13-14,27H2,(H2,28,30,31,32). The van der Waals surface area contributed by atoms with Gasteiger partial charge >= 0.3 is 6.36 Å². The zero-order valence-electron chi connectivity index (χ0n) is 18.4. The summed E-state index contributed by atoms with van der Waals surface area (Å²) in [4.78, 5) is 9.90. The van der Waals surface area contributed by atoms with E-state index >= 15 is 0 Å². The molecule has 2 aromatic carbocycles. The third kappa shape index (κ3) is 6.87. The molecule has 0 bridgehead atoms. The fourth-order valence-corrected chi connectivity index (χ4v) is 4.85. The van der Waals surface area contributed by atoms with Crippen LogP contribution in [0.4, 0.5) is 24.9 Å². The van der Waals surface area contributed by atoms with E-state index in [1.807, 2.05) is 24.3 Å². The largest absolute Gasteiger partial charge is 0.573 e. The number of para-hydroxylation sites is 1. The molecule has 0 saturated heterocycles. The molecule has 3 aromatic rings. The number of aromatic nitrogens is 2. The number of benzene rings is 2. The second kappa shape index (κ2) is 11.1. The summed E-state index contributed by atoms with van der Waals surface area (Å²) < 4.78 is 44.0. The normalized spacial score (nSPS) is 18.6. The Labute approximate surface area is 200 Å². The van der Waals surface area contributed by atoms with E-state index < -0.39 is 6.36 Å². The van der Waals surface area contributed by atoms with Gasteiger partial charge in [0, 0.05) is 23.4 Å². The quantitative estimate of drug-likeness (QED) is 0.181. The number of halogens is 3. The maximum absolute atomic E-state index is 12.2. The summed E-state index contributed by atoms with van der Waals surface area (Å²) in [5, 5.41) is 4.24. The molecule has 0 unspecified atom stereocenters. The van der Waals surface area contributed by atoms with Gasteiger partial charge in [0.15, 0.2) is 5.82 Å². The van der Waals surface area contributed by atoms with Gasteiger partial charge in [-0.3, -0.25) is 4.72 Å². The lowest BCUT2D eigenvalue weighted by atomic mass is 9.82. The van der Waals surface area contributed by atoms with Crippen molar-refractivity contribution in [3.8, 4) is 5.75 Å². The molecule has 1 fully saturated rings. The predicted octanol–water partition coefficient (Wildman–Crippen LogP) is 5.33. The first kappa shape index (κ1) is 24.4. The van der Waals surface area contributed by atoms with E-state index in [-0.39, 0.29) is 5.75 Å². The van der Waals surface area contributed by atoms with Gasteiger partial charge in [-0.15, -0.1) is 13.2 Å². The van der Waals surface area contributed by atoms with Gasteiger partial charge in [0.1, 0.15) is 5.75 Å². The van der Waals surface area contributed by atoms with Crippen LogP contribution in [0.3, 0.4) is 0 Å². The molecule has 0 spiro atoms. The highest BCUT2D eigenvalue weighted by Gasteiger charge is 2.31. The molecule has 0 radical (unpaired) electrons. The Bertz CT molecular complexity index is 1070. The molecule has 0 aliphatic heterocycles. The average Bonchev–Trinajstić information content (AvgIpc) is 2.83. The first-order valence-electron chi connectivity index (χ1n) is 11.1. The van der Waals surface area contributed by atoms with Crippen LogP contribution in [0.25, 0.3) is 10.9 Å². The van der Waals surface area contributed by atoms with Gasteiger partial charge in [0.2, 0.25) is 5.95 Å². The topological polar surface area (TPSA) is 97.1 Å². The van der Waals surface area contributed by atoms with E-state index in [1.165, 1.54) is 24.1 Å². The third-order valence-corrected chi connectivity index (χ3v) is 6.69. The van der Waals surface area contributed by atoms with E-state index in [0.29, 0.717) is 23.6 Å². The van der Waals surface area contributed by atoms with Gasteiger partial charge in [0.05, 0.1) is 5.52 Å². The van der Waals surface area contributed by atoms with Crippen LogP contribution in [0.1, 0.15) is 25.7 Å². The number of fused-ring (bicyclic) bond motifs is 1. The van der Waals surface area contributed by atoms with Crippen LogP contribution in [0, 0.1) is 11.8 Å². The Morgan fingerprint density at radius 3 is 2.29 bits per heavy atom. The monoisotopic (exact) mass is 492 g/mol. The van der Waals surface area contributed by atoms with Gasteiger partial charge in [0.25, 0.3) is 0 Å². The number of rotatable bonds is 9. The van der Waals surface area contributed by atoms with Crippen LogP contribution in [0.5, 0.6) is 5.75 Å². The van der Waals surface area contributed by atoms with Gasteiger partial charge < -0.3 is 15.5 Å². The maximum Gasteiger partial charge on any atom is 0.573 e. The average molecular weight is 493 g/mol. The maximum atomic E-state index is 12.2. The molecule has 1 heterocycles. The highest BCUT2D eigenvalue weighted by molar-refractivity contribution is 7.97. The molecule has 0 atom stereocenters. The molecule has 5 N–H and O–H groups in total. The number of nitrogens with zero attached hydrogens (tertiary/aromatic N) is 2. The minimum atomic E-state index is -4.67.